The van der Waals surface area contributed by atoms with Gasteiger partial charge in [-0.15, -0.1) is 11.6 Å². The zero-order chi connectivity index (χ0) is 18.2. The predicted octanol–water partition coefficient (Wildman–Crippen LogP) is 3.23. The number of hydrogen-bond donors (Lipinski definition) is 1. The maximum absolute atomic E-state index is 12.2. The molecule has 0 radical (unpaired) electrons. The van der Waals surface area contributed by atoms with E-state index in [0.717, 1.165) is 12.8 Å². The summed E-state index contributed by atoms with van der Waals surface area (Å²) in [6.45, 7) is 3.42. The van der Waals surface area contributed by atoms with Crippen LogP contribution in [-0.2, 0) is 9.59 Å². The SMILES string of the molecule is CC(Cl)C(=O)NC1CCN(C(=O)CCCOc2ccccc2Cl)CC1. The molecule has 25 heavy (non-hydrogen) atoms. The predicted molar refractivity (Wildman–Crippen MR) is 99.2 cm³/mol. The lowest BCUT2D eigenvalue weighted by atomic mass is 10.0. The summed E-state index contributed by atoms with van der Waals surface area (Å²) in [5, 5.41) is 2.96. The molecule has 1 atom stereocenters. The van der Waals surface area contributed by atoms with Crippen LogP contribution < -0.4 is 10.1 Å². The van der Waals surface area contributed by atoms with E-state index in [0.29, 0.717) is 43.3 Å². The van der Waals surface area contributed by atoms with E-state index in [4.69, 9.17) is 27.9 Å². The highest BCUT2D eigenvalue weighted by molar-refractivity contribution is 6.32. The van der Waals surface area contributed by atoms with Crippen molar-refractivity contribution >= 4 is 35.0 Å². The largest absolute Gasteiger partial charge is 0.492 e. The molecule has 1 aromatic carbocycles. The molecule has 0 aliphatic carbocycles. The van der Waals surface area contributed by atoms with Gasteiger partial charge in [0.15, 0.2) is 0 Å². The van der Waals surface area contributed by atoms with Crippen molar-refractivity contribution in [2.75, 3.05) is 19.7 Å². The summed E-state index contributed by atoms with van der Waals surface area (Å²) in [6, 6.07) is 7.39. The zero-order valence-corrected chi connectivity index (χ0v) is 15.9. The third-order valence-electron chi connectivity index (χ3n) is 4.18. The van der Waals surface area contributed by atoms with E-state index < -0.39 is 5.38 Å². The molecule has 2 amide bonds. The van der Waals surface area contributed by atoms with Gasteiger partial charge in [0.1, 0.15) is 11.1 Å². The Kier molecular flexibility index (Phi) is 7.85. The Hall–Kier alpha value is -1.46. The summed E-state index contributed by atoms with van der Waals surface area (Å²) in [5.41, 5.74) is 0. The first kappa shape index (κ1) is 19.9. The quantitative estimate of drug-likeness (QED) is 0.577. The van der Waals surface area contributed by atoms with E-state index in [-0.39, 0.29) is 17.9 Å². The number of carbonyl (C=O) groups excluding carboxylic acids is 2. The van der Waals surface area contributed by atoms with Crippen LogP contribution in [0, 0.1) is 0 Å². The summed E-state index contributed by atoms with van der Waals surface area (Å²) < 4.78 is 5.60. The number of carbonyl (C=O) groups is 2. The number of para-hydroxylation sites is 1. The first-order valence-corrected chi connectivity index (χ1v) is 9.38. The number of nitrogens with one attached hydrogen (secondary N) is 1. The average molecular weight is 387 g/mol. The number of nitrogens with zero attached hydrogens (tertiary/aromatic N) is 1. The molecule has 0 bridgehead atoms. The fourth-order valence-corrected chi connectivity index (χ4v) is 2.97. The van der Waals surface area contributed by atoms with Crippen LogP contribution in [0.1, 0.15) is 32.6 Å². The summed E-state index contributed by atoms with van der Waals surface area (Å²) in [7, 11) is 0. The number of amides is 2. The zero-order valence-electron chi connectivity index (χ0n) is 14.3. The van der Waals surface area contributed by atoms with Crippen molar-refractivity contribution in [3.05, 3.63) is 29.3 Å². The highest BCUT2D eigenvalue weighted by Gasteiger charge is 2.24. The monoisotopic (exact) mass is 386 g/mol. The van der Waals surface area contributed by atoms with Gasteiger partial charge in [-0.2, -0.15) is 0 Å². The van der Waals surface area contributed by atoms with Gasteiger partial charge in [0.05, 0.1) is 11.6 Å². The van der Waals surface area contributed by atoms with E-state index in [1.54, 1.807) is 13.0 Å². The van der Waals surface area contributed by atoms with Crippen LogP contribution >= 0.6 is 23.2 Å². The lowest BCUT2D eigenvalue weighted by Gasteiger charge is -2.32. The van der Waals surface area contributed by atoms with Gasteiger partial charge in [0.2, 0.25) is 11.8 Å². The molecule has 5 nitrogen and oxygen atoms in total. The molecule has 1 aromatic rings. The van der Waals surface area contributed by atoms with Crippen molar-refractivity contribution in [2.45, 2.75) is 44.0 Å². The highest BCUT2D eigenvalue weighted by Crippen LogP contribution is 2.23. The molecule has 1 N–H and O–H groups in total. The molecule has 7 heteroatoms. The molecule has 1 fully saturated rings. The van der Waals surface area contributed by atoms with Crippen molar-refractivity contribution in [1.82, 2.24) is 10.2 Å². The molecular formula is C18H24Cl2N2O3. The number of halogens is 2. The average Bonchev–Trinajstić information content (AvgIpc) is 2.60. The molecule has 1 heterocycles. The summed E-state index contributed by atoms with van der Waals surface area (Å²) in [6.07, 6.45) is 2.61. The number of rotatable bonds is 7. The lowest BCUT2D eigenvalue weighted by Crippen LogP contribution is -2.47. The molecule has 0 saturated carbocycles. The van der Waals surface area contributed by atoms with Gasteiger partial charge in [0, 0.05) is 25.6 Å². The van der Waals surface area contributed by atoms with Crippen molar-refractivity contribution in [1.29, 1.82) is 0 Å². The van der Waals surface area contributed by atoms with E-state index >= 15 is 0 Å². The Labute approximate surface area is 158 Å². The molecule has 1 saturated heterocycles. The van der Waals surface area contributed by atoms with E-state index in [1.165, 1.54) is 0 Å². The number of ether oxygens (including phenoxy) is 1. The van der Waals surface area contributed by atoms with Crippen LogP contribution in [0.25, 0.3) is 0 Å². The number of alkyl halides is 1. The van der Waals surface area contributed by atoms with Crippen molar-refractivity contribution in [3.63, 3.8) is 0 Å². The smallest absolute Gasteiger partial charge is 0.237 e. The Morgan fingerprint density at radius 3 is 2.64 bits per heavy atom. The van der Waals surface area contributed by atoms with Gasteiger partial charge in [0.25, 0.3) is 0 Å². The fraction of sp³-hybridized carbons (Fsp3) is 0.556. The van der Waals surface area contributed by atoms with E-state index in [2.05, 4.69) is 5.32 Å². The molecule has 1 unspecified atom stereocenters. The summed E-state index contributed by atoms with van der Waals surface area (Å²) in [5.74, 6) is 0.614. The second-order valence-corrected chi connectivity index (χ2v) is 7.22. The normalized spacial score (nSPS) is 16.4. The van der Waals surface area contributed by atoms with Gasteiger partial charge >= 0.3 is 0 Å². The van der Waals surface area contributed by atoms with Gasteiger partial charge in [-0.25, -0.2) is 0 Å². The standard InChI is InChI=1S/C18H24Cl2N2O3/c1-13(19)18(24)21-14-8-10-22(11-9-14)17(23)7-4-12-25-16-6-3-2-5-15(16)20/h2-3,5-6,13-14H,4,7-12H2,1H3,(H,21,24). The molecule has 0 aromatic heterocycles. The van der Waals surface area contributed by atoms with Crippen molar-refractivity contribution in [2.24, 2.45) is 0 Å². The van der Waals surface area contributed by atoms with Crippen LogP contribution in [0.5, 0.6) is 5.75 Å². The highest BCUT2D eigenvalue weighted by atomic mass is 35.5. The van der Waals surface area contributed by atoms with E-state index in [1.807, 2.05) is 23.1 Å². The third kappa shape index (κ3) is 6.40. The molecule has 0 spiro atoms. The fourth-order valence-electron chi connectivity index (χ4n) is 2.71. The van der Waals surface area contributed by atoms with Crippen LogP contribution in [0.3, 0.4) is 0 Å². The second kappa shape index (κ2) is 9.88. The second-order valence-electron chi connectivity index (χ2n) is 6.16. The van der Waals surface area contributed by atoms with Gasteiger partial charge < -0.3 is 15.0 Å². The van der Waals surface area contributed by atoms with E-state index in [9.17, 15) is 9.59 Å². The Balaban J connectivity index is 1.64. The topological polar surface area (TPSA) is 58.6 Å². The number of hydrogen-bond acceptors (Lipinski definition) is 3. The lowest BCUT2D eigenvalue weighted by molar-refractivity contribution is -0.132. The summed E-state index contributed by atoms with van der Waals surface area (Å²) >= 11 is 11.8. The number of likely N-dealkylation sites (tertiary alicyclic amines) is 1. The van der Waals surface area contributed by atoms with Crippen LogP contribution in [0.15, 0.2) is 24.3 Å². The summed E-state index contributed by atoms with van der Waals surface area (Å²) in [4.78, 5) is 25.7. The Morgan fingerprint density at radius 1 is 1.32 bits per heavy atom. The van der Waals surface area contributed by atoms with Gasteiger partial charge in [-0.3, -0.25) is 9.59 Å². The van der Waals surface area contributed by atoms with Crippen LogP contribution in [-0.4, -0.2) is 47.8 Å². The molecule has 138 valence electrons. The van der Waals surface area contributed by atoms with Crippen LogP contribution in [0.2, 0.25) is 5.02 Å². The maximum atomic E-state index is 12.2. The minimum Gasteiger partial charge on any atom is -0.492 e. The number of benzene rings is 1. The molecule has 1 aliphatic heterocycles. The van der Waals surface area contributed by atoms with Crippen molar-refractivity contribution in [3.8, 4) is 5.75 Å². The molecule has 2 rings (SSSR count). The first-order valence-electron chi connectivity index (χ1n) is 8.57. The Morgan fingerprint density at radius 2 is 2.00 bits per heavy atom. The number of piperidine rings is 1. The van der Waals surface area contributed by atoms with Gasteiger partial charge in [-0.1, -0.05) is 23.7 Å². The van der Waals surface area contributed by atoms with Crippen LogP contribution in [0.4, 0.5) is 0 Å². The van der Waals surface area contributed by atoms with Crippen molar-refractivity contribution < 1.29 is 14.3 Å². The first-order chi connectivity index (χ1) is 12.0. The Bertz CT molecular complexity index is 587. The minimum atomic E-state index is -0.530. The maximum Gasteiger partial charge on any atom is 0.237 e. The molecule has 1 aliphatic rings. The third-order valence-corrected chi connectivity index (χ3v) is 4.69. The van der Waals surface area contributed by atoms with Gasteiger partial charge in [-0.05, 0) is 38.3 Å². The molecular weight excluding hydrogens is 363 g/mol. The minimum absolute atomic E-state index is 0.0984.